The zero-order valence-corrected chi connectivity index (χ0v) is 16.9. The normalized spacial score (nSPS) is 18.3. The lowest BCUT2D eigenvalue weighted by molar-refractivity contribution is -0.128. The van der Waals surface area contributed by atoms with Crippen LogP contribution in [0.5, 0.6) is 0 Å². The molecule has 7 heteroatoms. The van der Waals surface area contributed by atoms with Crippen LogP contribution in [0.25, 0.3) is 0 Å². The molecule has 0 saturated carbocycles. The van der Waals surface area contributed by atoms with Gasteiger partial charge < -0.3 is 19.4 Å². The van der Waals surface area contributed by atoms with E-state index < -0.39 is 0 Å². The molecule has 0 spiro atoms. The van der Waals surface area contributed by atoms with Gasteiger partial charge in [0.1, 0.15) is 11.6 Å². The number of piperidine rings is 1. The van der Waals surface area contributed by atoms with Gasteiger partial charge in [0.2, 0.25) is 0 Å². The third-order valence-electron chi connectivity index (χ3n) is 5.68. The van der Waals surface area contributed by atoms with Crippen LogP contribution < -0.4 is 0 Å². The Labute approximate surface area is 172 Å². The van der Waals surface area contributed by atoms with Crippen LogP contribution in [0.3, 0.4) is 0 Å². The number of benzene rings is 1. The highest BCUT2D eigenvalue weighted by molar-refractivity contribution is 5.97. The molecule has 3 rings (SSSR count). The molecule has 1 aromatic rings. The fraction of sp³-hybridized carbons (Fsp3) is 0.500. The maximum atomic E-state index is 12.8. The first-order valence-electron chi connectivity index (χ1n) is 10.1. The molecule has 0 bridgehead atoms. The van der Waals surface area contributed by atoms with Crippen molar-refractivity contribution in [3.63, 3.8) is 0 Å². The third kappa shape index (κ3) is 5.50. The largest absolute Gasteiger partial charge is 0.453 e. The summed E-state index contributed by atoms with van der Waals surface area (Å²) in [7, 11) is 1.37. The van der Waals surface area contributed by atoms with Gasteiger partial charge in [-0.25, -0.2) is 4.79 Å². The van der Waals surface area contributed by atoms with E-state index in [2.05, 4.69) is 30.3 Å². The van der Waals surface area contributed by atoms with E-state index in [1.165, 1.54) is 12.7 Å². The maximum Gasteiger partial charge on any atom is 0.409 e. The molecule has 29 heavy (non-hydrogen) atoms. The fourth-order valence-corrected chi connectivity index (χ4v) is 3.94. The predicted molar refractivity (Wildman–Crippen MR) is 109 cm³/mol. The van der Waals surface area contributed by atoms with E-state index >= 15 is 0 Å². The third-order valence-corrected chi connectivity index (χ3v) is 5.68. The van der Waals surface area contributed by atoms with Crippen LogP contribution in [0.1, 0.15) is 18.4 Å². The molecule has 0 unspecified atom stereocenters. The molecule has 0 radical (unpaired) electrons. The first-order chi connectivity index (χ1) is 14.1. The van der Waals surface area contributed by atoms with E-state index in [9.17, 15) is 14.9 Å². The van der Waals surface area contributed by atoms with E-state index in [0.29, 0.717) is 45.2 Å². The topological polar surface area (TPSA) is 76.9 Å². The van der Waals surface area contributed by atoms with Crippen molar-refractivity contribution < 1.29 is 14.3 Å². The summed E-state index contributed by atoms with van der Waals surface area (Å²) in [5.41, 5.74) is 1.50. The Morgan fingerprint density at radius 1 is 1.07 bits per heavy atom. The first kappa shape index (κ1) is 20.7. The van der Waals surface area contributed by atoms with Crippen molar-refractivity contribution in [1.29, 1.82) is 5.26 Å². The van der Waals surface area contributed by atoms with Gasteiger partial charge in [-0.2, -0.15) is 5.26 Å². The van der Waals surface area contributed by atoms with Gasteiger partial charge in [-0.3, -0.25) is 4.79 Å². The Morgan fingerprint density at radius 3 is 2.31 bits per heavy atom. The minimum atomic E-state index is -0.344. The molecule has 7 nitrogen and oxygen atoms in total. The molecule has 2 amide bonds. The molecule has 2 aliphatic heterocycles. The van der Waals surface area contributed by atoms with Crippen LogP contribution in [-0.2, 0) is 16.0 Å². The minimum Gasteiger partial charge on any atom is -0.453 e. The molecule has 0 N–H and O–H groups in total. The van der Waals surface area contributed by atoms with E-state index in [-0.39, 0.29) is 17.6 Å². The number of ether oxygens (including phenoxy) is 1. The summed E-state index contributed by atoms with van der Waals surface area (Å²) in [6.45, 7) is 3.55. The Balaban J connectivity index is 1.51. The number of hydrogen-bond donors (Lipinski definition) is 0. The van der Waals surface area contributed by atoms with Crippen molar-refractivity contribution in [3.8, 4) is 6.07 Å². The number of carbonyl (C=O) groups is 2. The lowest BCUT2D eigenvalue weighted by Crippen LogP contribution is -2.47. The summed E-state index contributed by atoms with van der Waals surface area (Å²) in [5.74, 6) is 0.378. The Bertz CT molecular complexity index is 771. The second-order valence-corrected chi connectivity index (χ2v) is 7.57. The molecular formula is C22H28N4O3. The molecule has 2 saturated heterocycles. The smallest absolute Gasteiger partial charge is 0.409 e. The Kier molecular flexibility index (Phi) is 7.12. The van der Waals surface area contributed by atoms with Crippen LogP contribution >= 0.6 is 0 Å². The highest BCUT2D eigenvalue weighted by Gasteiger charge is 2.26. The fourth-order valence-electron chi connectivity index (χ4n) is 3.94. The van der Waals surface area contributed by atoms with Crippen molar-refractivity contribution in [1.82, 2.24) is 14.7 Å². The van der Waals surface area contributed by atoms with Gasteiger partial charge in [0.05, 0.1) is 7.11 Å². The first-order valence-corrected chi connectivity index (χ1v) is 10.1. The van der Waals surface area contributed by atoms with Crippen molar-refractivity contribution in [3.05, 3.63) is 47.7 Å². The minimum absolute atomic E-state index is 0.165. The summed E-state index contributed by atoms with van der Waals surface area (Å²) in [6.07, 6.45) is 4.25. The number of nitrogens with zero attached hydrogens (tertiary/aromatic N) is 4. The van der Waals surface area contributed by atoms with Crippen LogP contribution in [0.4, 0.5) is 4.79 Å². The summed E-state index contributed by atoms with van der Waals surface area (Å²) in [6, 6.07) is 12.5. The highest BCUT2D eigenvalue weighted by atomic mass is 16.5. The number of piperazine rings is 1. The van der Waals surface area contributed by atoms with E-state index in [1.54, 1.807) is 16.0 Å². The standard InChI is InChI=1S/C22H28N4O3/c1-29-22(28)26-13-11-24(12-14-26)17-20(16-23)21(27)25-9-7-19(8-10-25)15-18-5-3-2-4-6-18/h2-6,17,19H,7-15H2,1H3/b20-17-. The molecule has 2 fully saturated rings. The lowest BCUT2D eigenvalue weighted by atomic mass is 9.90. The second kappa shape index (κ2) is 9.97. The number of likely N-dealkylation sites (tertiary alicyclic amines) is 1. The van der Waals surface area contributed by atoms with Gasteiger partial charge in [0, 0.05) is 45.5 Å². The molecule has 2 heterocycles. The molecular weight excluding hydrogens is 368 g/mol. The summed E-state index contributed by atoms with van der Waals surface area (Å²) in [4.78, 5) is 29.7. The van der Waals surface area contributed by atoms with E-state index in [4.69, 9.17) is 4.74 Å². The van der Waals surface area contributed by atoms with Crippen LogP contribution in [0.2, 0.25) is 0 Å². The monoisotopic (exact) mass is 396 g/mol. The highest BCUT2D eigenvalue weighted by Crippen LogP contribution is 2.22. The number of methoxy groups -OCH3 is 1. The predicted octanol–water partition coefficient (Wildman–Crippen LogP) is 2.26. The molecule has 0 atom stereocenters. The molecule has 2 aliphatic rings. The van der Waals surface area contributed by atoms with Gasteiger partial charge in [-0.1, -0.05) is 30.3 Å². The Morgan fingerprint density at radius 2 is 1.72 bits per heavy atom. The number of rotatable bonds is 4. The number of amides is 2. The van der Waals surface area contributed by atoms with Gasteiger partial charge in [0.25, 0.3) is 5.91 Å². The summed E-state index contributed by atoms with van der Waals surface area (Å²) < 4.78 is 4.73. The average Bonchev–Trinajstić information content (AvgIpc) is 2.78. The van der Waals surface area contributed by atoms with Crippen molar-refractivity contribution in [2.75, 3.05) is 46.4 Å². The molecule has 0 aliphatic carbocycles. The van der Waals surface area contributed by atoms with Gasteiger partial charge in [0.15, 0.2) is 0 Å². The number of hydrogen-bond acceptors (Lipinski definition) is 5. The van der Waals surface area contributed by atoms with Crippen LogP contribution in [-0.4, -0.2) is 73.1 Å². The van der Waals surface area contributed by atoms with Gasteiger partial charge in [-0.15, -0.1) is 0 Å². The van der Waals surface area contributed by atoms with Crippen LogP contribution in [0.15, 0.2) is 42.1 Å². The lowest BCUT2D eigenvalue weighted by Gasteiger charge is -2.34. The van der Waals surface area contributed by atoms with Crippen molar-refractivity contribution in [2.24, 2.45) is 5.92 Å². The van der Waals surface area contributed by atoms with E-state index in [0.717, 1.165) is 19.3 Å². The van der Waals surface area contributed by atoms with Crippen molar-refractivity contribution >= 4 is 12.0 Å². The van der Waals surface area contributed by atoms with E-state index in [1.807, 2.05) is 11.0 Å². The SMILES string of the molecule is COC(=O)N1CCN(/C=C(/C#N)C(=O)N2CCC(Cc3ccccc3)CC2)CC1. The zero-order chi connectivity index (χ0) is 20.6. The summed E-state index contributed by atoms with van der Waals surface area (Å²) >= 11 is 0. The molecule has 0 aromatic heterocycles. The zero-order valence-electron chi connectivity index (χ0n) is 16.9. The number of carbonyl (C=O) groups excluding carboxylic acids is 2. The van der Waals surface area contributed by atoms with Crippen LogP contribution in [0, 0.1) is 17.2 Å². The van der Waals surface area contributed by atoms with Gasteiger partial charge in [-0.05, 0) is 30.7 Å². The Hall–Kier alpha value is -3.01. The van der Waals surface area contributed by atoms with Gasteiger partial charge >= 0.3 is 6.09 Å². The number of nitriles is 1. The van der Waals surface area contributed by atoms with Crippen molar-refractivity contribution in [2.45, 2.75) is 19.3 Å². The maximum absolute atomic E-state index is 12.8. The summed E-state index contributed by atoms with van der Waals surface area (Å²) in [5, 5.41) is 9.51. The quantitative estimate of drug-likeness (QED) is 0.576. The second-order valence-electron chi connectivity index (χ2n) is 7.57. The molecule has 1 aromatic carbocycles. The average molecular weight is 396 g/mol. The molecule has 154 valence electrons.